The number of aromatic nitrogens is 4. The second-order valence-corrected chi connectivity index (χ2v) is 5.24. The Kier molecular flexibility index (Phi) is 3.07. The Labute approximate surface area is 111 Å². The van der Waals surface area contributed by atoms with Crippen molar-refractivity contribution >= 4 is 23.2 Å². The molecule has 2 heterocycles. The first-order valence-electron chi connectivity index (χ1n) is 6.35. The molecule has 0 saturated heterocycles. The van der Waals surface area contributed by atoms with Crippen molar-refractivity contribution < 1.29 is 0 Å². The summed E-state index contributed by atoms with van der Waals surface area (Å²) < 4.78 is 1.72. The van der Waals surface area contributed by atoms with E-state index in [0.717, 1.165) is 23.8 Å². The van der Waals surface area contributed by atoms with Gasteiger partial charge in [0.2, 0.25) is 0 Å². The predicted molar refractivity (Wildman–Crippen MR) is 71.0 cm³/mol. The highest BCUT2D eigenvalue weighted by Crippen LogP contribution is 2.27. The molecule has 96 valence electrons. The van der Waals surface area contributed by atoms with E-state index in [-0.39, 0.29) is 0 Å². The highest BCUT2D eigenvalue weighted by atomic mass is 35.5. The van der Waals surface area contributed by atoms with Crippen LogP contribution in [0, 0.1) is 12.8 Å². The summed E-state index contributed by atoms with van der Waals surface area (Å²) in [6, 6.07) is 0. The minimum atomic E-state index is 0.490. The molecule has 3 rings (SSSR count). The van der Waals surface area contributed by atoms with Gasteiger partial charge in [0, 0.05) is 12.1 Å². The minimum absolute atomic E-state index is 0.490. The third kappa shape index (κ3) is 2.03. The van der Waals surface area contributed by atoms with E-state index in [0.29, 0.717) is 10.9 Å². The van der Waals surface area contributed by atoms with E-state index in [9.17, 15) is 0 Å². The first-order valence-corrected chi connectivity index (χ1v) is 6.73. The summed E-state index contributed by atoms with van der Waals surface area (Å²) in [7, 11) is 0. The standard InChI is InChI=1S/C12H16ClN5/c1-8-10(13)17-12-15-7-16-18(12)11(8)14-6-9-4-2-3-5-9/h7,9,14H,2-6H2,1H3. The Morgan fingerprint density at radius 2 is 2.22 bits per heavy atom. The lowest BCUT2D eigenvalue weighted by Crippen LogP contribution is -2.15. The first-order chi connectivity index (χ1) is 8.75. The molecule has 6 heteroatoms. The van der Waals surface area contributed by atoms with Gasteiger partial charge in [0.15, 0.2) is 0 Å². The molecule has 2 aromatic heterocycles. The van der Waals surface area contributed by atoms with Gasteiger partial charge >= 0.3 is 0 Å². The van der Waals surface area contributed by atoms with Gasteiger partial charge in [-0.3, -0.25) is 0 Å². The lowest BCUT2D eigenvalue weighted by molar-refractivity contribution is 0.577. The van der Waals surface area contributed by atoms with Crippen LogP contribution in [0.3, 0.4) is 0 Å². The van der Waals surface area contributed by atoms with Gasteiger partial charge in [-0.05, 0) is 25.7 Å². The number of rotatable bonds is 3. The summed E-state index contributed by atoms with van der Waals surface area (Å²) in [5.41, 5.74) is 0.924. The second-order valence-electron chi connectivity index (χ2n) is 4.88. The summed E-state index contributed by atoms with van der Waals surface area (Å²) in [6.45, 7) is 2.92. The van der Waals surface area contributed by atoms with Gasteiger partial charge < -0.3 is 5.32 Å². The molecule has 1 N–H and O–H groups in total. The van der Waals surface area contributed by atoms with Gasteiger partial charge in [-0.15, -0.1) is 0 Å². The van der Waals surface area contributed by atoms with Crippen LogP contribution in [0.15, 0.2) is 6.33 Å². The van der Waals surface area contributed by atoms with Crippen molar-refractivity contribution in [3.8, 4) is 0 Å². The number of nitrogens with one attached hydrogen (secondary N) is 1. The van der Waals surface area contributed by atoms with Crippen LogP contribution in [0.4, 0.5) is 5.82 Å². The fourth-order valence-corrected chi connectivity index (χ4v) is 2.73. The average Bonchev–Trinajstić information content (AvgIpc) is 3.00. The third-order valence-electron chi connectivity index (χ3n) is 3.64. The Balaban J connectivity index is 1.89. The zero-order valence-corrected chi connectivity index (χ0v) is 11.1. The van der Waals surface area contributed by atoms with E-state index in [1.165, 1.54) is 32.0 Å². The number of anilines is 1. The van der Waals surface area contributed by atoms with Crippen molar-refractivity contribution in [2.24, 2.45) is 5.92 Å². The second kappa shape index (κ2) is 4.72. The number of hydrogen-bond acceptors (Lipinski definition) is 4. The van der Waals surface area contributed by atoms with E-state index < -0.39 is 0 Å². The summed E-state index contributed by atoms with van der Waals surface area (Å²) in [5, 5.41) is 8.14. The fraction of sp³-hybridized carbons (Fsp3) is 0.583. The molecule has 1 saturated carbocycles. The molecule has 1 aliphatic carbocycles. The average molecular weight is 266 g/mol. The maximum Gasteiger partial charge on any atom is 0.255 e. The molecule has 0 radical (unpaired) electrons. The van der Waals surface area contributed by atoms with Gasteiger partial charge in [-0.2, -0.15) is 19.6 Å². The van der Waals surface area contributed by atoms with Crippen molar-refractivity contribution in [3.05, 3.63) is 17.0 Å². The van der Waals surface area contributed by atoms with Crippen LogP contribution in [0.5, 0.6) is 0 Å². The predicted octanol–water partition coefficient (Wildman–Crippen LogP) is 2.69. The summed E-state index contributed by atoms with van der Waals surface area (Å²) >= 11 is 6.11. The SMILES string of the molecule is Cc1c(Cl)nc2ncnn2c1NCC1CCCC1. The van der Waals surface area contributed by atoms with Crippen molar-refractivity contribution in [2.45, 2.75) is 32.6 Å². The highest BCUT2D eigenvalue weighted by molar-refractivity contribution is 6.30. The molecule has 18 heavy (non-hydrogen) atoms. The normalized spacial score (nSPS) is 16.6. The quantitative estimate of drug-likeness (QED) is 0.867. The van der Waals surface area contributed by atoms with Crippen molar-refractivity contribution in [1.82, 2.24) is 19.6 Å². The molecule has 0 spiro atoms. The number of nitrogens with zero attached hydrogens (tertiary/aromatic N) is 4. The van der Waals surface area contributed by atoms with Crippen molar-refractivity contribution in [1.29, 1.82) is 0 Å². The van der Waals surface area contributed by atoms with Crippen LogP contribution in [0.2, 0.25) is 5.15 Å². The van der Waals surface area contributed by atoms with E-state index in [1.807, 2.05) is 6.92 Å². The monoisotopic (exact) mass is 265 g/mol. The largest absolute Gasteiger partial charge is 0.369 e. The molecular formula is C12H16ClN5. The summed E-state index contributed by atoms with van der Waals surface area (Å²) in [4.78, 5) is 8.27. The zero-order valence-electron chi connectivity index (χ0n) is 10.4. The van der Waals surface area contributed by atoms with Crippen LogP contribution in [-0.2, 0) is 0 Å². The van der Waals surface area contributed by atoms with E-state index in [4.69, 9.17) is 11.6 Å². The topological polar surface area (TPSA) is 55.1 Å². The molecule has 0 bridgehead atoms. The van der Waals surface area contributed by atoms with Gasteiger partial charge in [-0.25, -0.2) is 0 Å². The van der Waals surface area contributed by atoms with Crippen LogP contribution >= 0.6 is 11.6 Å². The maximum absolute atomic E-state index is 6.11. The molecule has 1 aliphatic rings. The zero-order chi connectivity index (χ0) is 12.5. The van der Waals surface area contributed by atoms with Crippen LogP contribution in [0.25, 0.3) is 5.78 Å². The summed E-state index contributed by atoms with van der Waals surface area (Å²) in [6.07, 6.45) is 6.82. The van der Waals surface area contributed by atoms with Gasteiger partial charge in [0.25, 0.3) is 5.78 Å². The molecular weight excluding hydrogens is 250 g/mol. The lowest BCUT2D eigenvalue weighted by Gasteiger charge is -2.14. The molecule has 0 amide bonds. The molecule has 0 unspecified atom stereocenters. The number of halogens is 1. The Bertz CT molecular complexity index is 559. The van der Waals surface area contributed by atoms with Crippen LogP contribution < -0.4 is 5.32 Å². The summed E-state index contributed by atoms with van der Waals surface area (Å²) in [5.74, 6) is 2.21. The third-order valence-corrected chi connectivity index (χ3v) is 4.01. The van der Waals surface area contributed by atoms with Crippen LogP contribution in [-0.4, -0.2) is 26.1 Å². The molecule has 5 nitrogen and oxygen atoms in total. The molecule has 0 aromatic carbocycles. The molecule has 2 aromatic rings. The maximum atomic E-state index is 6.11. The Hall–Kier alpha value is -1.36. The molecule has 1 fully saturated rings. The highest BCUT2D eigenvalue weighted by Gasteiger charge is 2.17. The van der Waals surface area contributed by atoms with E-state index in [1.54, 1.807) is 4.52 Å². The molecule has 0 atom stereocenters. The fourth-order valence-electron chi connectivity index (χ4n) is 2.56. The van der Waals surface area contributed by atoms with E-state index in [2.05, 4.69) is 20.4 Å². The number of hydrogen-bond donors (Lipinski definition) is 1. The first kappa shape index (κ1) is 11.7. The van der Waals surface area contributed by atoms with Gasteiger partial charge in [0.1, 0.15) is 17.3 Å². The smallest absolute Gasteiger partial charge is 0.255 e. The van der Waals surface area contributed by atoms with E-state index >= 15 is 0 Å². The van der Waals surface area contributed by atoms with Crippen LogP contribution in [0.1, 0.15) is 31.2 Å². The van der Waals surface area contributed by atoms with Gasteiger partial charge in [0.05, 0.1) is 0 Å². The number of fused-ring (bicyclic) bond motifs is 1. The Morgan fingerprint density at radius 3 is 3.00 bits per heavy atom. The van der Waals surface area contributed by atoms with Gasteiger partial charge in [-0.1, -0.05) is 24.4 Å². The molecule has 0 aliphatic heterocycles. The minimum Gasteiger partial charge on any atom is -0.369 e. The Morgan fingerprint density at radius 1 is 1.44 bits per heavy atom. The lowest BCUT2D eigenvalue weighted by atomic mass is 10.1. The van der Waals surface area contributed by atoms with Crippen molar-refractivity contribution in [3.63, 3.8) is 0 Å². The van der Waals surface area contributed by atoms with Crippen molar-refractivity contribution in [2.75, 3.05) is 11.9 Å².